The Morgan fingerprint density at radius 2 is 2.16 bits per heavy atom. The lowest BCUT2D eigenvalue weighted by molar-refractivity contribution is -0.384. The van der Waals surface area contributed by atoms with Gasteiger partial charge in [0.2, 0.25) is 0 Å². The molecule has 1 aromatic rings. The van der Waals surface area contributed by atoms with Crippen LogP contribution in [0.25, 0.3) is 0 Å². The van der Waals surface area contributed by atoms with E-state index in [1.165, 1.54) is 6.07 Å². The molecule has 106 valence electrons. The van der Waals surface area contributed by atoms with Gasteiger partial charge in [-0.15, -0.1) is 0 Å². The summed E-state index contributed by atoms with van der Waals surface area (Å²) in [7, 11) is 0. The summed E-state index contributed by atoms with van der Waals surface area (Å²) in [6, 6.07) is 7.48. The van der Waals surface area contributed by atoms with Crippen LogP contribution < -0.4 is 5.32 Å². The maximum Gasteiger partial charge on any atom is 0.269 e. The van der Waals surface area contributed by atoms with E-state index in [1.807, 2.05) is 17.8 Å². The first-order chi connectivity index (χ1) is 9.08. The van der Waals surface area contributed by atoms with E-state index in [2.05, 4.69) is 26.1 Å². The second kappa shape index (κ2) is 8.17. The molecule has 4 nitrogen and oxygen atoms in total. The third kappa shape index (κ3) is 5.20. The SMILES string of the molecule is CCSCC(C)NC(CC)c1cccc([N+](=O)[O-])c1. The summed E-state index contributed by atoms with van der Waals surface area (Å²) in [6.07, 6.45) is 0.919. The number of hydrogen-bond acceptors (Lipinski definition) is 4. The predicted octanol–water partition coefficient (Wildman–Crippen LogP) is 3.78. The minimum atomic E-state index is -0.341. The molecule has 0 aliphatic rings. The van der Waals surface area contributed by atoms with Crippen molar-refractivity contribution >= 4 is 17.4 Å². The molecule has 0 aliphatic carbocycles. The number of nitrogens with zero attached hydrogens (tertiary/aromatic N) is 1. The minimum absolute atomic E-state index is 0.160. The lowest BCUT2D eigenvalue weighted by Crippen LogP contribution is -2.32. The van der Waals surface area contributed by atoms with Crippen LogP contribution in [0.15, 0.2) is 24.3 Å². The van der Waals surface area contributed by atoms with Gasteiger partial charge >= 0.3 is 0 Å². The summed E-state index contributed by atoms with van der Waals surface area (Å²) in [5.74, 6) is 2.17. The molecule has 0 heterocycles. The summed E-state index contributed by atoms with van der Waals surface area (Å²) >= 11 is 1.90. The molecule has 5 heteroatoms. The van der Waals surface area contributed by atoms with Crippen molar-refractivity contribution in [1.82, 2.24) is 5.32 Å². The molecule has 1 rings (SSSR count). The van der Waals surface area contributed by atoms with Gasteiger partial charge in [-0.25, -0.2) is 0 Å². The Morgan fingerprint density at radius 3 is 2.74 bits per heavy atom. The van der Waals surface area contributed by atoms with E-state index in [0.29, 0.717) is 6.04 Å². The summed E-state index contributed by atoms with van der Waals surface area (Å²) in [6.45, 7) is 6.40. The molecule has 19 heavy (non-hydrogen) atoms. The van der Waals surface area contributed by atoms with Gasteiger partial charge in [0.1, 0.15) is 0 Å². The van der Waals surface area contributed by atoms with Gasteiger partial charge in [-0.3, -0.25) is 10.1 Å². The zero-order valence-corrected chi connectivity index (χ0v) is 12.6. The molecule has 0 aliphatic heterocycles. The van der Waals surface area contributed by atoms with Crippen LogP contribution in [0.5, 0.6) is 0 Å². The van der Waals surface area contributed by atoms with E-state index in [-0.39, 0.29) is 16.7 Å². The zero-order chi connectivity index (χ0) is 14.3. The van der Waals surface area contributed by atoms with Gasteiger partial charge in [0.15, 0.2) is 0 Å². The standard InChI is InChI=1S/C14H22N2O2S/c1-4-14(15-11(3)10-19-5-2)12-7-6-8-13(9-12)16(17)18/h6-9,11,14-15H,4-5,10H2,1-3H3. The third-order valence-electron chi connectivity index (χ3n) is 2.95. The largest absolute Gasteiger partial charge is 0.307 e. The quantitative estimate of drug-likeness (QED) is 0.582. The van der Waals surface area contributed by atoms with Crippen molar-refractivity contribution in [3.05, 3.63) is 39.9 Å². The average Bonchev–Trinajstić information content (AvgIpc) is 2.42. The van der Waals surface area contributed by atoms with Gasteiger partial charge in [0.25, 0.3) is 5.69 Å². The molecule has 0 saturated carbocycles. The molecule has 0 amide bonds. The topological polar surface area (TPSA) is 55.2 Å². The van der Waals surface area contributed by atoms with E-state index in [1.54, 1.807) is 12.1 Å². The van der Waals surface area contributed by atoms with Crippen molar-refractivity contribution in [3.8, 4) is 0 Å². The molecule has 1 N–H and O–H groups in total. The van der Waals surface area contributed by atoms with Crippen LogP contribution in [0.4, 0.5) is 5.69 Å². The fourth-order valence-electron chi connectivity index (χ4n) is 1.99. The van der Waals surface area contributed by atoms with Crippen molar-refractivity contribution in [2.75, 3.05) is 11.5 Å². The Hall–Kier alpha value is -1.07. The fraction of sp³-hybridized carbons (Fsp3) is 0.571. The number of benzene rings is 1. The molecule has 0 fully saturated rings. The molecular formula is C14H22N2O2S. The van der Waals surface area contributed by atoms with E-state index in [9.17, 15) is 10.1 Å². The van der Waals surface area contributed by atoms with Gasteiger partial charge in [0.05, 0.1) is 4.92 Å². The molecule has 0 aromatic heterocycles. The highest BCUT2D eigenvalue weighted by Crippen LogP contribution is 2.22. The van der Waals surface area contributed by atoms with Crippen LogP contribution in [-0.4, -0.2) is 22.5 Å². The molecule has 0 radical (unpaired) electrons. The summed E-state index contributed by atoms with van der Waals surface area (Å²) in [5.41, 5.74) is 1.15. The second-order valence-electron chi connectivity index (χ2n) is 4.54. The van der Waals surface area contributed by atoms with Crippen molar-refractivity contribution in [3.63, 3.8) is 0 Å². The summed E-state index contributed by atoms with van der Waals surface area (Å²) < 4.78 is 0. The average molecular weight is 282 g/mol. The maximum atomic E-state index is 10.8. The zero-order valence-electron chi connectivity index (χ0n) is 11.8. The Bertz CT molecular complexity index is 412. The first-order valence-corrected chi connectivity index (χ1v) is 7.82. The van der Waals surface area contributed by atoms with Gasteiger partial charge in [0, 0.05) is 30.0 Å². The van der Waals surface area contributed by atoms with Crippen LogP contribution in [-0.2, 0) is 0 Å². The van der Waals surface area contributed by atoms with E-state index < -0.39 is 0 Å². The number of rotatable bonds is 8. The molecule has 2 unspecified atom stereocenters. The third-order valence-corrected chi connectivity index (χ3v) is 4.09. The molecule has 0 bridgehead atoms. The van der Waals surface area contributed by atoms with Crippen LogP contribution in [0.3, 0.4) is 0 Å². The molecule has 2 atom stereocenters. The smallest absolute Gasteiger partial charge is 0.269 e. The first kappa shape index (κ1) is 16.0. The van der Waals surface area contributed by atoms with E-state index >= 15 is 0 Å². The first-order valence-electron chi connectivity index (χ1n) is 6.66. The monoisotopic (exact) mass is 282 g/mol. The van der Waals surface area contributed by atoms with Gasteiger partial charge in [-0.05, 0) is 24.7 Å². The van der Waals surface area contributed by atoms with Gasteiger partial charge < -0.3 is 5.32 Å². The molecule has 0 spiro atoms. The van der Waals surface area contributed by atoms with Crippen molar-refractivity contribution < 1.29 is 4.92 Å². The highest BCUT2D eigenvalue weighted by Gasteiger charge is 2.15. The van der Waals surface area contributed by atoms with Crippen LogP contribution in [0, 0.1) is 10.1 Å². The van der Waals surface area contributed by atoms with Gasteiger partial charge in [-0.2, -0.15) is 11.8 Å². The molecular weight excluding hydrogens is 260 g/mol. The Kier molecular flexibility index (Phi) is 6.87. The van der Waals surface area contributed by atoms with Gasteiger partial charge in [-0.1, -0.05) is 26.0 Å². The van der Waals surface area contributed by atoms with Crippen LogP contribution >= 0.6 is 11.8 Å². The van der Waals surface area contributed by atoms with Crippen molar-refractivity contribution in [1.29, 1.82) is 0 Å². The fourth-order valence-corrected chi connectivity index (χ4v) is 2.68. The maximum absolute atomic E-state index is 10.8. The van der Waals surface area contributed by atoms with Crippen LogP contribution in [0.1, 0.15) is 38.8 Å². The Labute approximate surface area is 119 Å². The number of thioether (sulfide) groups is 1. The summed E-state index contributed by atoms with van der Waals surface area (Å²) in [4.78, 5) is 10.5. The second-order valence-corrected chi connectivity index (χ2v) is 5.86. The summed E-state index contributed by atoms with van der Waals surface area (Å²) in [5, 5.41) is 14.3. The number of hydrogen-bond donors (Lipinski definition) is 1. The number of non-ortho nitro benzene ring substituents is 1. The van der Waals surface area contributed by atoms with E-state index in [0.717, 1.165) is 23.5 Å². The van der Waals surface area contributed by atoms with Crippen LogP contribution in [0.2, 0.25) is 0 Å². The molecule has 1 aromatic carbocycles. The van der Waals surface area contributed by atoms with E-state index in [4.69, 9.17) is 0 Å². The lowest BCUT2D eigenvalue weighted by atomic mass is 10.0. The number of nitro groups is 1. The number of nitrogens with one attached hydrogen (secondary N) is 1. The number of nitro benzene ring substituents is 1. The Morgan fingerprint density at radius 1 is 1.42 bits per heavy atom. The highest BCUT2D eigenvalue weighted by molar-refractivity contribution is 7.99. The van der Waals surface area contributed by atoms with Crippen molar-refractivity contribution in [2.45, 2.75) is 39.3 Å². The highest BCUT2D eigenvalue weighted by atomic mass is 32.2. The predicted molar refractivity (Wildman–Crippen MR) is 81.7 cm³/mol. The Balaban J connectivity index is 2.73. The lowest BCUT2D eigenvalue weighted by Gasteiger charge is -2.22. The minimum Gasteiger partial charge on any atom is -0.307 e. The normalized spacial score (nSPS) is 14.1. The van der Waals surface area contributed by atoms with Crippen molar-refractivity contribution in [2.24, 2.45) is 0 Å². The molecule has 0 saturated heterocycles.